The van der Waals surface area contributed by atoms with Crippen molar-refractivity contribution in [2.45, 2.75) is 6.42 Å². The number of halogens is 1. The summed E-state index contributed by atoms with van der Waals surface area (Å²) in [5.74, 6) is 0.866. The Bertz CT molecular complexity index is 569. The number of rotatable bonds is 5. The summed E-state index contributed by atoms with van der Waals surface area (Å²) < 4.78 is 6.75. The number of hydrogen-bond donors (Lipinski definition) is 0. The van der Waals surface area contributed by atoms with E-state index < -0.39 is 4.92 Å². The highest BCUT2D eigenvalue weighted by Gasteiger charge is 2.04. The summed E-state index contributed by atoms with van der Waals surface area (Å²) in [6.07, 6.45) is 0.725. The van der Waals surface area contributed by atoms with E-state index in [9.17, 15) is 10.1 Å². The van der Waals surface area contributed by atoms with E-state index in [-0.39, 0.29) is 5.69 Å². The molecular formula is C14H12INO3. The van der Waals surface area contributed by atoms with Crippen LogP contribution in [0.2, 0.25) is 0 Å². The molecule has 0 spiro atoms. The van der Waals surface area contributed by atoms with Crippen LogP contribution in [0.4, 0.5) is 5.69 Å². The van der Waals surface area contributed by atoms with Gasteiger partial charge in [-0.2, -0.15) is 0 Å². The van der Waals surface area contributed by atoms with E-state index in [0.29, 0.717) is 6.61 Å². The first-order valence-electron chi connectivity index (χ1n) is 5.77. The number of para-hydroxylation sites is 1. The molecule has 0 aliphatic carbocycles. The first-order chi connectivity index (χ1) is 9.16. The molecule has 0 unspecified atom stereocenters. The van der Waals surface area contributed by atoms with Crippen molar-refractivity contribution in [3.05, 3.63) is 67.8 Å². The standard InChI is InChI=1S/C14H12INO3/c15-13-3-1-2-4-14(13)19-10-9-11-5-7-12(8-6-11)16(17)18/h1-8H,9-10H2. The minimum Gasteiger partial charge on any atom is -0.492 e. The molecule has 5 heteroatoms. The average Bonchev–Trinajstić information content (AvgIpc) is 2.41. The van der Waals surface area contributed by atoms with Gasteiger partial charge < -0.3 is 4.74 Å². The zero-order valence-electron chi connectivity index (χ0n) is 10.1. The summed E-state index contributed by atoms with van der Waals surface area (Å²) in [7, 11) is 0. The zero-order chi connectivity index (χ0) is 13.7. The van der Waals surface area contributed by atoms with Gasteiger partial charge in [-0.25, -0.2) is 0 Å². The second-order valence-corrected chi connectivity index (χ2v) is 5.11. The van der Waals surface area contributed by atoms with Gasteiger partial charge in [0.15, 0.2) is 0 Å². The van der Waals surface area contributed by atoms with Gasteiger partial charge in [0.25, 0.3) is 5.69 Å². The molecule has 0 saturated heterocycles. The maximum atomic E-state index is 10.5. The Balaban J connectivity index is 1.89. The predicted octanol–water partition coefficient (Wildman–Crippen LogP) is 3.82. The lowest BCUT2D eigenvalue weighted by Gasteiger charge is -2.07. The molecule has 0 saturated carbocycles. The molecule has 0 bridgehead atoms. The van der Waals surface area contributed by atoms with Crippen LogP contribution in [0, 0.1) is 13.7 Å². The van der Waals surface area contributed by atoms with Crippen LogP contribution >= 0.6 is 22.6 Å². The lowest BCUT2D eigenvalue weighted by atomic mass is 10.1. The Labute approximate surface area is 124 Å². The molecule has 0 fully saturated rings. The summed E-state index contributed by atoms with van der Waals surface area (Å²) in [5, 5.41) is 10.5. The fourth-order valence-corrected chi connectivity index (χ4v) is 2.17. The number of ether oxygens (including phenoxy) is 1. The summed E-state index contributed by atoms with van der Waals surface area (Å²) >= 11 is 2.23. The van der Waals surface area contributed by atoms with Crippen molar-refractivity contribution in [2.24, 2.45) is 0 Å². The molecule has 0 aliphatic rings. The Morgan fingerprint density at radius 1 is 1.11 bits per heavy atom. The lowest BCUT2D eigenvalue weighted by Crippen LogP contribution is -2.02. The normalized spacial score (nSPS) is 10.2. The number of nitro benzene ring substituents is 1. The fourth-order valence-electron chi connectivity index (χ4n) is 1.62. The largest absolute Gasteiger partial charge is 0.492 e. The first-order valence-corrected chi connectivity index (χ1v) is 6.85. The highest BCUT2D eigenvalue weighted by Crippen LogP contribution is 2.20. The maximum absolute atomic E-state index is 10.5. The summed E-state index contributed by atoms with van der Waals surface area (Å²) in [6.45, 7) is 0.553. The van der Waals surface area contributed by atoms with Gasteiger partial charge in [0, 0.05) is 18.6 Å². The van der Waals surface area contributed by atoms with Gasteiger partial charge in [-0.1, -0.05) is 24.3 Å². The van der Waals surface area contributed by atoms with Crippen LogP contribution in [-0.2, 0) is 6.42 Å². The topological polar surface area (TPSA) is 52.4 Å². The van der Waals surface area contributed by atoms with Crippen LogP contribution in [0.3, 0.4) is 0 Å². The fraction of sp³-hybridized carbons (Fsp3) is 0.143. The summed E-state index contributed by atoms with van der Waals surface area (Å²) in [5.41, 5.74) is 1.14. The molecule has 0 amide bonds. The molecule has 0 atom stereocenters. The smallest absolute Gasteiger partial charge is 0.269 e. The van der Waals surface area contributed by atoms with Gasteiger partial charge in [0.1, 0.15) is 5.75 Å². The molecule has 0 radical (unpaired) electrons. The van der Waals surface area contributed by atoms with Gasteiger partial charge in [-0.05, 0) is 40.3 Å². The number of hydrogen-bond acceptors (Lipinski definition) is 3. The lowest BCUT2D eigenvalue weighted by molar-refractivity contribution is -0.384. The van der Waals surface area contributed by atoms with E-state index in [2.05, 4.69) is 22.6 Å². The first kappa shape index (κ1) is 13.8. The minimum atomic E-state index is -0.396. The molecule has 2 aromatic carbocycles. The molecule has 4 nitrogen and oxygen atoms in total. The number of non-ortho nitro benzene ring substituents is 1. The van der Waals surface area contributed by atoms with Crippen molar-refractivity contribution in [1.82, 2.24) is 0 Å². The van der Waals surface area contributed by atoms with E-state index in [4.69, 9.17) is 4.74 Å². The van der Waals surface area contributed by atoms with Crippen molar-refractivity contribution in [3.8, 4) is 5.75 Å². The van der Waals surface area contributed by atoms with Crippen molar-refractivity contribution >= 4 is 28.3 Å². The quantitative estimate of drug-likeness (QED) is 0.458. The Morgan fingerprint density at radius 2 is 1.79 bits per heavy atom. The SMILES string of the molecule is O=[N+]([O-])c1ccc(CCOc2ccccc2I)cc1. The molecule has 0 aliphatic heterocycles. The Morgan fingerprint density at radius 3 is 2.42 bits per heavy atom. The molecule has 98 valence electrons. The maximum Gasteiger partial charge on any atom is 0.269 e. The zero-order valence-corrected chi connectivity index (χ0v) is 12.2. The predicted molar refractivity (Wildman–Crippen MR) is 81.5 cm³/mol. The number of nitro groups is 1. The number of benzene rings is 2. The van der Waals surface area contributed by atoms with Crippen molar-refractivity contribution in [3.63, 3.8) is 0 Å². The molecular weight excluding hydrogens is 357 g/mol. The summed E-state index contributed by atoms with van der Waals surface area (Å²) in [6, 6.07) is 14.4. The van der Waals surface area contributed by atoms with Gasteiger partial charge >= 0.3 is 0 Å². The summed E-state index contributed by atoms with van der Waals surface area (Å²) in [4.78, 5) is 10.1. The highest BCUT2D eigenvalue weighted by molar-refractivity contribution is 14.1. The average molecular weight is 369 g/mol. The van der Waals surface area contributed by atoms with Crippen molar-refractivity contribution < 1.29 is 9.66 Å². The van der Waals surface area contributed by atoms with Crippen LogP contribution in [0.25, 0.3) is 0 Å². The van der Waals surface area contributed by atoms with Crippen LogP contribution in [0.15, 0.2) is 48.5 Å². The van der Waals surface area contributed by atoms with Crippen LogP contribution < -0.4 is 4.74 Å². The molecule has 0 N–H and O–H groups in total. The Kier molecular flexibility index (Phi) is 4.73. The molecule has 19 heavy (non-hydrogen) atoms. The van der Waals surface area contributed by atoms with Crippen LogP contribution in [0.1, 0.15) is 5.56 Å². The van der Waals surface area contributed by atoms with Crippen molar-refractivity contribution in [2.75, 3.05) is 6.61 Å². The van der Waals surface area contributed by atoms with Gasteiger partial charge in [-0.3, -0.25) is 10.1 Å². The van der Waals surface area contributed by atoms with Gasteiger partial charge in [0.05, 0.1) is 15.1 Å². The third kappa shape index (κ3) is 3.92. The van der Waals surface area contributed by atoms with Gasteiger partial charge in [-0.15, -0.1) is 0 Å². The third-order valence-corrected chi connectivity index (χ3v) is 3.52. The molecule has 0 heterocycles. The van der Waals surface area contributed by atoms with E-state index in [1.165, 1.54) is 12.1 Å². The van der Waals surface area contributed by atoms with Crippen LogP contribution in [0.5, 0.6) is 5.75 Å². The second kappa shape index (κ2) is 6.51. The third-order valence-electron chi connectivity index (χ3n) is 2.63. The van der Waals surface area contributed by atoms with E-state index in [0.717, 1.165) is 21.3 Å². The molecule has 2 aromatic rings. The Hall–Kier alpha value is -1.63. The molecule has 0 aromatic heterocycles. The van der Waals surface area contributed by atoms with Crippen LogP contribution in [-0.4, -0.2) is 11.5 Å². The number of nitrogens with zero attached hydrogens (tertiary/aromatic N) is 1. The van der Waals surface area contributed by atoms with E-state index in [1.54, 1.807) is 12.1 Å². The van der Waals surface area contributed by atoms with Crippen molar-refractivity contribution in [1.29, 1.82) is 0 Å². The highest BCUT2D eigenvalue weighted by atomic mass is 127. The molecule has 2 rings (SSSR count). The van der Waals surface area contributed by atoms with E-state index in [1.807, 2.05) is 24.3 Å². The van der Waals surface area contributed by atoms with Gasteiger partial charge in [0.2, 0.25) is 0 Å². The minimum absolute atomic E-state index is 0.113. The monoisotopic (exact) mass is 369 g/mol. The second-order valence-electron chi connectivity index (χ2n) is 3.95. The van der Waals surface area contributed by atoms with E-state index >= 15 is 0 Å².